The molecule has 0 aliphatic rings. The summed E-state index contributed by atoms with van der Waals surface area (Å²) in [5, 5.41) is 12.2. The summed E-state index contributed by atoms with van der Waals surface area (Å²) in [4.78, 5) is 20.7. The van der Waals surface area contributed by atoms with Gasteiger partial charge in [0, 0.05) is 40.7 Å². The summed E-state index contributed by atoms with van der Waals surface area (Å²) in [6.07, 6.45) is 7.38. The molecule has 0 saturated carbocycles. The van der Waals surface area contributed by atoms with Crippen LogP contribution in [-0.4, -0.2) is 33.1 Å². The molecule has 1 N–H and O–H groups in total. The van der Waals surface area contributed by atoms with Gasteiger partial charge in [0.25, 0.3) is 5.91 Å². The highest BCUT2D eigenvalue weighted by atomic mass is 127. The summed E-state index contributed by atoms with van der Waals surface area (Å²) in [6, 6.07) is 12.6. The molecule has 0 aliphatic heterocycles. The number of nitrogens with one attached hydrogen (secondary N) is 1. The molecule has 0 fully saturated rings. The van der Waals surface area contributed by atoms with E-state index < -0.39 is 0 Å². The van der Waals surface area contributed by atoms with Crippen LogP contribution in [0.15, 0.2) is 61.3 Å². The Hall–Kier alpha value is -2.93. The number of hydrogen-bond acceptors (Lipinski definition) is 5. The van der Waals surface area contributed by atoms with Crippen molar-refractivity contribution in [2.45, 2.75) is 19.0 Å². The number of halogens is 1. The van der Waals surface area contributed by atoms with Crippen LogP contribution in [0.4, 0.5) is 0 Å². The lowest BCUT2D eigenvalue weighted by atomic mass is 10.1. The smallest absolute Gasteiger partial charge is 0.251 e. The Morgan fingerprint density at radius 1 is 1.29 bits per heavy atom. The first-order valence-corrected chi connectivity index (χ1v) is 9.73. The molecule has 3 rings (SSSR count). The van der Waals surface area contributed by atoms with Gasteiger partial charge in [0.1, 0.15) is 11.6 Å². The van der Waals surface area contributed by atoms with Crippen molar-refractivity contribution < 1.29 is 9.53 Å². The second-order valence-electron chi connectivity index (χ2n) is 6.04. The topological polar surface area (TPSA) is 92.8 Å². The molecule has 142 valence electrons. The van der Waals surface area contributed by atoms with Crippen molar-refractivity contribution in [3.8, 4) is 11.9 Å². The summed E-state index contributed by atoms with van der Waals surface area (Å²) in [5.74, 6) is 0.160. The number of nitrogens with zero attached hydrogens (tertiary/aromatic N) is 4. The van der Waals surface area contributed by atoms with Gasteiger partial charge >= 0.3 is 0 Å². The quantitative estimate of drug-likeness (QED) is 0.494. The SMILES string of the molecule is N#Cc1cccnc1OCCC(Cn1ccnc1)NC(=O)c1ccc(I)cc1. The molecular formula is C20H18IN5O2. The largest absolute Gasteiger partial charge is 0.477 e. The summed E-state index contributed by atoms with van der Waals surface area (Å²) in [7, 11) is 0. The van der Waals surface area contributed by atoms with E-state index in [1.165, 1.54) is 0 Å². The molecule has 0 aliphatic carbocycles. The third-order valence-corrected chi connectivity index (χ3v) is 4.75. The molecule has 0 spiro atoms. The standard InChI is InChI=1S/C20H18IN5O2/c21-17-5-3-15(4-6-17)19(27)25-18(13-26-10-9-23-14-26)7-11-28-20-16(12-22)2-1-8-24-20/h1-6,8-10,14,18H,7,11,13H2,(H,25,27). The fourth-order valence-electron chi connectivity index (χ4n) is 2.62. The number of nitriles is 1. The predicted molar refractivity (Wildman–Crippen MR) is 112 cm³/mol. The number of amides is 1. The Morgan fingerprint density at radius 2 is 2.11 bits per heavy atom. The molecule has 1 atom stereocenters. The van der Waals surface area contributed by atoms with E-state index in [-0.39, 0.29) is 11.9 Å². The van der Waals surface area contributed by atoms with E-state index >= 15 is 0 Å². The van der Waals surface area contributed by atoms with Crippen LogP contribution in [0.1, 0.15) is 22.3 Å². The van der Waals surface area contributed by atoms with Crippen LogP contribution in [0, 0.1) is 14.9 Å². The average molecular weight is 487 g/mol. The molecule has 2 aromatic heterocycles. The van der Waals surface area contributed by atoms with E-state index in [2.05, 4.69) is 43.9 Å². The zero-order valence-corrected chi connectivity index (χ0v) is 17.1. The Labute approximate surface area is 176 Å². The highest BCUT2D eigenvalue weighted by molar-refractivity contribution is 14.1. The predicted octanol–water partition coefficient (Wildman–Crippen LogP) is 3.02. The Kier molecular flexibility index (Phi) is 6.97. The lowest BCUT2D eigenvalue weighted by molar-refractivity contribution is 0.0926. The van der Waals surface area contributed by atoms with Crippen molar-refractivity contribution >= 4 is 28.5 Å². The van der Waals surface area contributed by atoms with Crippen molar-refractivity contribution in [1.82, 2.24) is 19.9 Å². The molecule has 2 heterocycles. The van der Waals surface area contributed by atoms with Crippen LogP contribution >= 0.6 is 22.6 Å². The summed E-state index contributed by atoms with van der Waals surface area (Å²) < 4.78 is 8.64. The van der Waals surface area contributed by atoms with Crippen molar-refractivity contribution in [1.29, 1.82) is 5.26 Å². The highest BCUT2D eigenvalue weighted by Gasteiger charge is 2.15. The lowest BCUT2D eigenvalue weighted by Crippen LogP contribution is -2.39. The fraction of sp³-hybridized carbons (Fsp3) is 0.200. The van der Waals surface area contributed by atoms with Gasteiger partial charge in [-0.1, -0.05) is 0 Å². The number of imidazole rings is 1. The van der Waals surface area contributed by atoms with Gasteiger partial charge in [-0.25, -0.2) is 9.97 Å². The first-order valence-electron chi connectivity index (χ1n) is 8.66. The monoisotopic (exact) mass is 487 g/mol. The summed E-state index contributed by atoms with van der Waals surface area (Å²) >= 11 is 2.20. The number of aromatic nitrogens is 3. The molecular weight excluding hydrogens is 469 g/mol. The number of carbonyl (C=O) groups is 1. The van der Waals surface area contributed by atoms with Crippen molar-refractivity contribution in [3.63, 3.8) is 0 Å². The number of benzene rings is 1. The zero-order valence-electron chi connectivity index (χ0n) is 15.0. The van der Waals surface area contributed by atoms with Gasteiger partial charge in [-0.2, -0.15) is 5.26 Å². The minimum atomic E-state index is -0.171. The van der Waals surface area contributed by atoms with Gasteiger partial charge in [-0.05, 0) is 59.0 Å². The average Bonchev–Trinajstić information content (AvgIpc) is 3.21. The first kappa shape index (κ1) is 19.8. The van der Waals surface area contributed by atoms with E-state index in [1.807, 2.05) is 22.9 Å². The second-order valence-corrected chi connectivity index (χ2v) is 7.29. The van der Waals surface area contributed by atoms with Crippen molar-refractivity contribution in [2.24, 2.45) is 0 Å². The summed E-state index contributed by atoms with van der Waals surface area (Å²) in [5.41, 5.74) is 0.991. The van der Waals surface area contributed by atoms with E-state index in [0.717, 1.165) is 3.57 Å². The van der Waals surface area contributed by atoms with Crippen LogP contribution in [0.5, 0.6) is 5.88 Å². The van der Waals surface area contributed by atoms with Gasteiger partial charge in [-0.3, -0.25) is 4.79 Å². The fourth-order valence-corrected chi connectivity index (χ4v) is 2.98. The van der Waals surface area contributed by atoms with Gasteiger partial charge in [0.05, 0.1) is 19.0 Å². The Morgan fingerprint density at radius 3 is 2.82 bits per heavy atom. The number of carbonyl (C=O) groups excluding carboxylic acids is 1. The van der Waals surface area contributed by atoms with Crippen LogP contribution in [0.2, 0.25) is 0 Å². The third kappa shape index (κ3) is 5.53. The van der Waals surface area contributed by atoms with E-state index in [4.69, 9.17) is 10.00 Å². The van der Waals surface area contributed by atoms with Crippen LogP contribution in [-0.2, 0) is 6.54 Å². The molecule has 0 bridgehead atoms. The minimum Gasteiger partial charge on any atom is -0.477 e. The number of ether oxygens (including phenoxy) is 1. The Balaban J connectivity index is 1.64. The van der Waals surface area contributed by atoms with Gasteiger partial charge in [-0.15, -0.1) is 0 Å². The first-order chi connectivity index (χ1) is 13.7. The van der Waals surface area contributed by atoms with Crippen LogP contribution < -0.4 is 10.1 Å². The lowest BCUT2D eigenvalue weighted by Gasteiger charge is -2.19. The third-order valence-electron chi connectivity index (χ3n) is 4.03. The Bertz CT molecular complexity index is 951. The maximum atomic E-state index is 12.6. The maximum Gasteiger partial charge on any atom is 0.251 e. The highest BCUT2D eigenvalue weighted by Crippen LogP contribution is 2.13. The minimum absolute atomic E-state index is 0.142. The molecule has 0 radical (unpaired) electrons. The molecule has 1 amide bonds. The van der Waals surface area contributed by atoms with Crippen LogP contribution in [0.3, 0.4) is 0 Å². The second kappa shape index (κ2) is 9.85. The number of pyridine rings is 1. The molecule has 28 heavy (non-hydrogen) atoms. The normalized spacial score (nSPS) is 11.4. The van der Waals surface area contributed by atoms with Gasteiger partial charge in [0.15, 0.2) is 0 Å². The van der Waals surface area contributed by atoms with Gasteiger partial charge < -0.3 is 14.6 Å². The molecule has 8 heteroatoms. The molecule has 3 aromatic rings. The summed E-state index contributed by atoms with van der Waals surface area (Å²) in [6.45, 7) is 0.880. The molecule has 0 saturated heterocycles. The van der Waals surface area contributed by atoms with E-state index in [1.54, 1.807) is 43.0 Å². The maximum absolute atomic E-state index is 12.6. The number of hydrogen-bond donors (Lipinski definition) is 1. The zero-order chi connectivity index (χ0) is 19.8. The molecule has 7 nitrogen and oxygen atoms in total. The van der Waals surface area contributed by atoms with E-state index in [0.29, 0.717) is 36.6 Å². The molecule has 1 aromatic carbocycles. The molecule has 1 unspecified atom stereocenters. The number of rotatable bonds is 8. The van der Waals surface area contributed by atoms with Crippen LogP contribution in [0.25, 0.3) is 0 Å². The van der Waals surface area contributed by atoms with Crippen molar-refractivity contribution in [3.05, 3.63) is 76.0 Å². The van der Waals surface area contributed by atoms with Crippen molar-refractivity contribution in [2.75, 3.05) is 6.61 Å². The van der Waals surface area contributed by atoms with E-state index in [9.17, 15) is 4.79 Å². The van der Waals surface area contributed by atoms with Gasteiger partial charge in [0.2, 0.25) is 5.88 Å².